The number of hydrogen-bond acceptors (Lipinski definition) is 8. The van der Waals surface area contributed by atoms with E-state index in [9.17, 15) is 0 Å². The van der Waals surface area contributed by atoms with Gasteiger partial charge in [-0.3, -0.25) is 0 Å². The minimum atomic E-state index is 0.808. The summed E-state index contributed by atoms with van der Waals surface area (Å²) in [5.74, 6) is 2.85. The van der Waals surface area contributed by atoms with Gasteiger partial charge in [-0.15, -0.1) is 0 Å². The summed E-state index contributed by atoms with van der Waals surface area (Å²) in [6.07, 6.45) is 5.28. The molecule has 2 saturated heterocycles. The van der Waals surface area contributed by atoms with Gasteiger partial charge >= 0.3 is 0 Å². The van der Waals surface area contributed by atoms with Gasteiger partial charge in [0.25, 0.3) is 0 Å². The molecule has 4 heterocycles. The molecule has 2 aromatic heterocycles. The predicted molar refractivity (Wildman–Crippen MR) is 98.2 cm³/mol. The average molecular weight is 340 g/mol. The molecule has 0 N–H and O–H groups in total. The van der Waals surface area contributed by atoms with Crippen LogP contribution in [0.15, 0.2) is 30.9 Å². The molecule has 0 aliphatic carbocycles. The first-order valence-electron chi connectivity index (χ1n) is 8.82. The van der Waals surface area contributed by atoms with Crippen molar-refractivity contribution in [2.75, 3.05) is 74.1 Å². The van der Waals surface area contributed by atoms with E-state index >= 15 is 0 Å². The highest BCUT2D eigenvalue weighted by Gasteiger charge is 2.21. The molecule has 2 aliphatic heterocycles. The van der Waals surface area contributed by atoms with Crippen LogP contribution in [-0.4, -0.2) is 84.2 Å². The Kier molecular flexibility index (Phi) is 4.60. The molecule has 0 aromatic carbocycles. The first-order valence-corrected chi connectivity index (χ1v) is 8.82. The van der Waals surface area contributed by atoms with Crippen molar-refractivity contribution >= 4 is 17.6 Å². The molecule has 0 unspecified atom stereocenters. The van der Waals surface area contributed by atoms with E-state index in [1.165, 1.54) is 0 Å². The lowest BCUT2D eigenvalue weighted by Gasteiger charge is -2.36. The summed E-state index contributed by atoms with van der Waals surface area (Å²) in [5, 5.41) is 0. The van der Waals surface area contributed by atoms with Crippen molar-refractivity contribution in [2.45, 2.75) is 0 Å². The average Bonchev–Trinajstić information content (AvgIpc) is 2.69. The maximum atomic E-state index is 4.50. The molecule has 2 aromatic rings. The summed E-state index contributed by atoms with van der Waals surface area (Å²) in [4.78, 5) is 26.9. The molecule has 0 saturated carbocycles. The highest BCUT2D eigenvalue weighted by molar-refractivity contribution is 5.51. The van der Waals surface area contributed by atoms with Crippen LogP contribution in [0.1, 0.15) is 0 Å². The van der Waals surface area contributed by atoms with Crippen LogP contribution in [-0.2, 0) is 0 Å². The van der Waals surface area contributed by atoms with Gasteiger partial charge in [-0.1, -0.05) is 0 Å². The van der Waals surface area contributed by atoms with Crippen molar-refractivity contribution in [3.8, 4) is 0 Å². The number of anilines is 3. The zero-order chi connectivity index (χ0) is 17.1. The van der Waals surface area contributed by atoms with Crippen molar-refractivity contribution in [1.29, 1.82) is 0 Å². The fourth-order valence-electron chi connectivity index (χ4n) is 3.31. The Balaban J connectivity index is 1.40. The number of aromatic nitrogens is 4. The predicted octanol–water partition coefficient (Wildman–Crippen LogP) is 0.345. The normalized spacial score (nSPS) is 19.3. The number of nitrogens with zero attached hydrogens (tertiary/aromatic N) is 8. The Morgan fingerprint density at radius 1 is 0.680 bits per heavy atom. The fraction of sp³-hybridized carbons (Fsp3) is 0.529. The summed E-state index contributed by atoms with van der Waals surface area (Å²) in [5.41, 5.74) is 0. The molecule has 8 nitrogen and oxygen atoms in total. The van der Waals surface area contributed by atoms with E-state index in [0.29, 0.717) is 0 Å². The number of likely N-dealkylation sites (N-methyl/N-ethyl adjacent to an activating group) is 1. The first-order chi connectivity index (χ1) is 12.3. The minimum absolute atomic E-state index is 0.808. The Bertz CT molecular complexity index is 678. The van der Waals surface area contributed by atoms with E-state index in [4.69, 9.17) is 0 Å². The van der Waals surface area contributed by atoms with Gasteiger partial charge in [0, 0.05) is 70.8 Å². The van der Waals surface area contributed by atoms with Gasteiger partial charge in [0.2, 0.25) is 5.95 Å². The van der Waals surface area contributed by atoms with Crippen LogP contribution in [0.2, 0.25) is 0 Å². The molecule has 2 fully saturated rings. The summed E-state index contributed by atoms with van der Waals surface area (Å²) < 4.78 is 0. The fourth-order valence-corrected chi connectivity index (χ4v) is 3.31. The van der Waals surface area contributed by atoms with Crippen LogP contribution >= 0.6 is 0 Å². The standard InChI is InChI=1S/C17H24N8/c1-22-5-7-23(8-6-22)15-13-16(21-14-20-15)24-9-11-25(12-10-24)17-18-3-2-4-19-17/h2-4,13-14H,5-12H2,1H3. The topological polar surface area (TPSA) is 64.5 Å². The third-order valence-corrected chi connectivity index (χ3v) is 4.90. The van der Waals surface area contributed by atoms with Gasteiger partial charge in [-0.05, 0) is 13.1 Å². The molecular formula is C17H24N8. The van der Waals surface area contributed by atoms with Crippen LogP contribution in [0, 0.1) is 0 Å². The van der Waals surface area contributed by atoms with Crippen molar-refractivity contribution in [3.05, 3.63) is 30.9 Å². The highest BCUT2D eigenvalue weighted by Crippen LogP contribution is 2.20. The van der Waals surface area contributed by atoms with Gasteiger partial charge in [0.1, 0.15) is 18.0 Å². The molecular weight excluding hydrogens is 316 g/mol. The monoisotopic (exact) mass is 340 g/mol. The Labute approximate surface area is 148 Å². The molecule has 0 atom stereocenters. The molecule has 132 valence electrons. The summed E-state index contributed by atoms with van der Waals surface area (Å²) >= 11 is 0. The second kappa shape index (κ2) is 7.18. The number of hydrogen-bond donors (Lipinski definition) is 0. The van der Waals surface area contributed by atoms with Crippen LogP contribution < -0.4 is 14.7 Å². The third-order valence-electron chi connectivity index (χ3n) is 4.90. The van der Waals surface area contributed by atoms with Crippen molar-refractivity contribution in [2.24, 2.45) is 0 Å². The van der Waals surface area contributed by atoms with Gasteiger partial charge < -0.3 is 19.6 Å². The lowest BCUT2D eigenvalue weighted by Crippen LogP contribution is -2.47. The molecule has 0 amide bonds. The molecule has 0 bridgehead atoms. The Hall–Kier alpha value is -2.48. The van der Waals surface area contributed by atoms with E-state index in [1.807, 2.05) is 6.07 Å². The Morgan fingerprint density at radius 2 is 1.20 bits per heavy atom. The van der Waals surface area contributed by atoms with E-state index in [1.54, 1.807) is 18.7 Å². The third kappa shape index (κ3) is 3.63. The summed E-state index contributed by atoms with van der Waals surface area (Å²) in [6, 6.07) is 3.97. The minimum Gasteiger partial charge on any atom is -0.354 e. The van der Waals surface area contributed by atoms with Crippen LogP contribution in [0.4, 0.5) is 17.6 Å². The molecule has 8 heteroatoms. The molecule has 0 radical (unpaired) electrons. The Morgan fingerprint density at radius 3 is 1.80 bits per heavy atom. The molecule has 25 heavy (non-hydrogen) atoms. The molecule has 0 spiro atoms. The lowest BCUT2D eigenvalue weighted by molar-refractivity contribution is 0.312. The van der Waals surface area contributed by atoms with E-state index in [0.717, 1.165) is 69.9 Å². The van der Waals surface area contributed by atoms with Crippen molar-refractivity contribution < 1.29 is 0 Å². The van der Waals surface area contributed by atoms with Crippen molar-refractivity contribution in [3.63, 3.8) is 0 Å². The van der Waals surface area contributed by atoms with Gasteiger partial charge in [-0.2, -0.15) is 0 Å². The smallest absolute Gasteiger partial charge is 0.225 e. The second-order valence-corrected chi connectivity index (χ2v) is 6.55. The first kappa shape index (κ1) is 16.0. The molecule has 4 rings (SSSR count). The highest BCUT2D eigenvalue weighted by atomic mass is 15.3. The largest absolute Gasteiger partial charge is 0.354 e. The maximum absolute atomic E-state index is 4.50. The second-order valence-electron chi connectivity index (χ2n) is 6.55. The van der Waals surface area contributed by atoms with Crippen LogP contribution in [0.25, 0.3) is 0 Å². The number of piperazine rings is 2. The van der Waals surface area contributed by atoms with Gasteiger partial charge in [0.15, 0.2) is 0 Å². The van der Waals surface area contributed by atoms with Gasteiger partial charge in [0.05, 0.1) is 0 Å². The van der Waals surface area contributed by atoms with E-state index in [-0.39, 0.29) is 0 Å². The quantitative estimate of drug-likeness (QED) is 0.793. The maximum Gasteiger partial charge on any atom is 0.225 e. The zero-order valence-electron chi connectivity index (χ0n) is 14.6. The van der Waals surface area contributed by atoms with Crippen LogP contribution in [0.5, 0.6) is 0 Å². The lowest BCUT2D eigenvalue weighted by atomic mass is 10.3. The van der Waals surface area contributed by atoms with Crippen LogP contribution in [0.3, 0.4) is 0 Å². The van der Waals surface area contributed by atoms with E-state index < -0.39 is 0 Å². The zero-order valence-corrected chi connectivity index (χ0v) is 14.6. The summed E-state index contributed by atoms with van der Waals surface area (Å²) in [7, 11) is 2.17. The summed E-state index contributed by atoms with van der Waals surface area (Å²) in [6.45, 7) is 7.83. The van der Waals surface area contributed by atoms with Crippen molar-refractivity contribution in [1.82, 2.24) is 24.8 Å². The van der Waals surface area contributed by atoms with E-state index in [2.05, 4.69) is 52.6 Å². The number of rotatable bonds is 3. The molecule has 2 aliphatic rings. The van der Waals surface area contributed by atoms with Gasteiger partial charge in [-0.25, -0.2) is 19.9 Å². The SMILES string of the molecule is CN1CCN(c2cc(N3CCN(c4ncccn4)CC3)ncn2)CC1.